The zero-order valence-corrected chi connectivity index (χ0v) is 15.7. The van der Waals surface area contributed by atoms with E-state index in [4.69, 9.17) is 23.2 Å². The fraction of sp³-hybridized carbons (Fsp3) is 0.0476. The second kappa shape index (κ2) is 7.82. The first-order valence-electron chi connectivity index (χ1n) is 8.28. The number of allylic oxidation sites excluding steroid dienone is 12. The first-order valence-corrected chi connectivity index (χ1v) is 9.34. The molecule has 0 aliphatic carbocycles. The van der Waals surface area contributed by atoms with Crippen LogP contribution in [0, 0.1) is 0 Å². The van der Waals surface area contributed by atoms with E-state index < -0.39 is 0 Å². The van der Waals surface area contributed by atoms with Crippen LogP contribution < -0.4 is 0 Å². The Morgan fingerprint density at radius 2 is 0.667 bits per heavy atom. The molecule has 27 heavy (non-hydrogen) atoms. The van der Waals surface area contributed by atoms with Crippen LogP contribution in [0.5, 0.6) is 0 Å². The third kappa shape index (κ3) is 4.30. The van der Waals surface area contributed by atoms with Crippen molar-refractivity contribution in [2.75, 3.05) is 5.34 Å². The van der Waals surface area contributed by atoms with Gasteiger partial charge in [-0.3, -0.25) is 0 Å². The van der Waals surface area contributed by atoms with Crippen LogP contribution >= 0.6 is 23.2 Å². The molecule has 6 heteroatoms. The van der Waals surface area contributed by atoms with Gasteiger partial charge in [0.15, 0.2) is 0 Å². The van der Waals surface area contributed by atoms with Gasteiger partial charge in [-0.25, -0.2) is 20.0 Å². The zero-order chi connectivity index (χ0) is 18.6. The molecule has 4 nitrogen and oxygen atoms in total. The van der Waals surface area contributed by atoms with E-state index in [-0.39, 0.29) is 5.34 Å². The molecule has 0 aromatic rings. The van der Waals surface area contributed by atoms with Crippen molar-refractivity contribution in [1.29, 1.82) is 0 Å². The normalized spacial score (nSPS) is 20.8. The molecule has 0 radical (unpaired) electrons. The summed E-state index contributed by atoms with van der Waals surface area (Å²) in [6.45, 7) is 0. The van der Waals surface area contributed by atoms with Crippen LogP contribution in [0.15, 0.2) is 116 Å². The van der Waals surface area contributed by atoms with Gasteiger partial charge in [0, 0.05) is 0 Å². The van der Waals surface area contributed by atoms with Crippen LogP contribution in [0.1, 0.15) is 0 Å². The maximum Gasteiger partial charge on any atom is 0.0967 e. The molecule has 0 saturated heterocycles. The number of fused-ring (bicyclic) bond motifs is 4. The molecule has 5 aliphatic rings. The Hall–Kier alpha value is -2.82. The van der Waals surface area contributed by atoms with Crippen LogP contribution in [0.2, 0.25) is 0 Å². The summed E-state index contributed by atoms with van der Waals surface area (Å²) < 4.78 is 0. The van der Waals surface area contributed by atoms with Gasteiger partial charge in [0.1, 0.15) is 0 Å². The minimum absolute atomic E-state index is 0.194. The Kier molecular flexibility index (Phi) is 5.10. The molecule has 0 aromatic heterocycles. The predicted molar refractivity (Wildman–Crippen MR) is 115 cm³/mol. The minimum Gasteiger partial charge on any atom is -0.249 e. The predicted octanol–water partition coefficient (Wildman–Crippen LogP) is 5.00. The van der Waals surface area contributed by atoms with Crippen LogP contribution in [0.25, 0.3) is 0 Å². The van der Waals surface area contributed by atoms with E-state index in [1.54, 1.807) is 0 Å². The number of rotatable bonds is 0. The van der Waals surface area contributed by atoms with Crippen molar-refractivity contribution >= 4 is 46.0 Å². The Bertz CT molecular complexity index is 868. The highest BCUT2D eigenvalue weighted by molar-refractivity contribution is 6.40. The third-order valence-electron chi connectivity index (χ3n) is 3.92. The molecule has 0 unspecified atom stereocenters. The Balaban J connectivity index is 0.000000565. The summed E-state index contributed by atoms with van der Waals surface area (Å²) in [6, 6.07) is 0. The highest BCUT2D eigenvalue weighted by Gasteiger charge is 2.11. The Morgan fingerprint density at radius 3 is 0.889 bits per heavy atom. The summed E-state index contributed by atoms with van der Waals surface area (Å²) in [7, 11) is 0. The molecule has 0 fully saturated rings. The van der Waals surface area contributed by atoms with Gasteiger partial charge in [0.2, 0.25) is 0 Å². The Labute approximate surface area is 167 Å². The van der Waals surface area contributed by atoms with Crippen LogP contribution in [-0.2, 0) is 0 Å². The minimum atomic E-state index is 0.194. The topological polar surface area (TPSA) is 49.4 Å². The largest absolute Gasteiger partial charge is 0.249 e. The molecule has 0 N–H and O–H groups in total. The van der Waals surface area contributed by atoms with Gasteiger partial charge in [-0.1, -0.05) is 0 Å². The number of halogens is 2. The van der Waals surface area contributed by atoms with Crippen molar-refractivity contribution in [2.45, 2.75) is 0 Å². The van der Waals surface area contributed by atoms with Crippen molar-refractivity contribution in [3.8, 4) is 0 Å². The van der Waals surface area contributed by atoms with Gasteiger partial charge in [-0.15, -0.1) is 23.2 Å². The lowest BCUT2D eigenvalue weighted by atomic mass is 10.2. The average molecular weight is 393 g/mol. The first-order chi connectivity index (χ1) is 13.2. The SMILES string of the molecule is C1=CC2=NC1=CC1=NC(=CC3=NC(=CC4=NC(=C2)C=C4)C=C3)C=C1.ClCCl. The molecule has 0 aromatic carbocycles. The van der Waals surface area contributed by atoms with Crippen molar-refractivity contribution in [3.63, 3.8) is 0 Å². The number of hydrogen-bond donors (Lipinski definition) is 0. The van der Waals surface area contributed by atoms with Crippen molar-refractivity contribution in [2.24, 2.45) is 20.0 Å². The molecular formula is C21H14Cl2N4. The summed E-state index contributed by atoms with van der Waals surface area (Å²) in [5.41, 5.74) is 7.15. The van der Waals surface area contributed by atoms with E-state index >= 15 is 0 Å². The summed E-state index contributed by atoms with van der Waals surface area (Å²) in [5.74, 6) is 0. The Morgan fingerprint density at radius 1 is 0.444 bits per heavy atom. The lowest BCUT2D eigenvalue weighted by Crippen LogP contribution is -1.89. The van der Waals surface area contributed by atoms with Gasteiger partial charge in [0.05, 0.1) is 51.0 Å². The molecule has 8 bridgehead atoms. The standard InChI is InChI=1S/C20H12N4.CH2Cl2/c1-2-14-10-16-5-6-18(23-16)12-20-8-7-19(24-20)11-17-4-3-15(22-17)9-13(1)21-14;2-1-3/h1-12H;1H2. The lowest BCUT2D eigenvalue weighted by molar-refractivity contribution is 1.41. The summed E-state index contributed by atoms with van der Waals surface area (Å²) >= 11 is 9.53. The van der Waals surface area contributed by atoms with E-state index in [1.165, 1.54) is 0 Å². The number of aliphatic imine (C=N–C) groups is 4. The van der Waals surface area contributed by atoms with Crippen LogP contribution in [-0.4, -0.2) is 28.2 Å². The van der Waals surface area contributed by atoms with Crippen molar-refractivity contribution < 1.29 is 0 Å². The molecule has 5 aliphatic heterocycles. The molecule has 0 atom stereocenters. The molecule has 0 spiro atoms. The summed E-state index contributed by atoms with van der Waals surface area (Å²) in [6.07, 6.45) is 23.8. The fourth-order valence-electron chi connectivity index (χ4n) is 2.83. The quantitative estimate of drug-likeness (QED) is 0.520. The van der Waals surface area contributed by atoms with E-state index in [9.17, 15) is 0 Å². The van der Waals surface area contributed by atoms with E-state index in [1.807, 2.05) is 72.9 Å². The van der Waals surface area contributed by atoms with E-state index in [0.29, 0.717) is 0 Å². The molecule has 0 saturated carbocycles. The summed E-state index contributed by atoms with van der Waals surface area (Å²) in [5, 5.41) is 0.194. The monoisotopic (exact) mass is 392 g/mol. The van der Waals surface area contributed by atoms with Crippen LogP contribution in [0.4, 0.5) is 0 Å². The highest BCUT2D eigenvalue weighted by Crippen LogP contribution is 2.20. The van der Waals surface area contributed by atoms with Crippen molar-refractivity contribution in [3.05, 3.63) is 95.7 Å². The van der Waals surface area contributed by atoms with Crippen molar-refractivity contribution in [1.82, 2.24) is 0 Å². The number of nitrogens with zero attached hydrogens (tertiary/aromatic N) is 4. The van der Waals surface area contributed by atoms with Gasteiger partial charge in [0.25, 0.3) is 0 Å². The van der Waals surface area contributed by atoms with E-state index in [2.05, 4.69) is 20.0 Å². The zero-order valence-electron chi connectivity index (χ0n) is 14.2. The fourth-order valence-corrected chi connectivity index (χ4v) is 2.83. The summed E-state index contributed by atoms with van der Waals surface area (Å²) in [4.78, 5) is 18.4. The second-order valence-electron chi connectivity index (χ2n) is 5.86. The highest BCUT2D eigenvalue weighted by atomic mass is 35.5. The number of hydrogen-bond acceptors (Lipinski definition) is 4. The number of alkyl halides is 2. The van der Waals surface area contributed by atoms with Crippen LogP contribution in [0.3, 0.4) is 0 Å². The smallest absolute Gasteiger partial charge is 0.0967 e. The third-order valence-corrected chi connectivity index (χ3v) is 3.92. The maximum atomic E-state index is 4.76. The molecule has 5 heterocycles. The maximum absolute atomic E-state index is 4.76. The van der Waals surface area contributed by atoms with E-state index in [0.717, 1.165) is 45.6 Å². The molecule has 0 amide bonds. The first kappa shape index (κ1) is 17.6. The average Bonchev–Trinajstić information content (AvgIpc) is 3.41. The molecular weight excluding hydrogens is 379 g/mol. The van der Waals surface area contributed by atoms with Gasteiger partial charge in [-0.05, 0) is 72.9 Å². The molecule has 5 rings (SSSR count). The molecule has 132 valence electrons. The second-order valence-corrected chi connectivity index (χ2v) is 6.67. The van der Waals surface area contributed by atoms with Gasteiger partial charge in [-0.2, -0.15) is 0 Å². The van der Waals surface area contributed by atoms with Gasteiger partial charge < -0.3 is 0 Å². The lowest BCUT2D eigenvalue weighted by Gasteiger charge is -1.94. The van der Waals surface area contributed by atoms with Gasteiger partial charge >= 0.3 is 0 Å².